The van der Waals surface area contributed by atoms with Crippen molar-refractivity contribution in [2.24, 2.45) is 5.10 Å². The Morgan fingerprint density at radius 2 is 1.65 bits per heavy atom. The van der Waals surface area contributed by atoms with E-state index in [1.54, 1.807) is 43.3 Å². The van der Waals surface area contributed by atoms with E-state index >= 15 is 0 Å². The fraction of sp³-hybridized carbons (Fsp3) is 0.0588. The third kappa shape index (κ3) is 3.27. The lowest BCUT2D eigenvalue weighted by atomic mass is 10.1. The number of hydrazone groups is 1. The molecule has 0 atom stereocenters. The molecular weight excluding hydrogens is 355 g/mol. The second-order valence-corrected chi connectivity index (χ2v) is 6.29. The van der Waals surface area contributed by atoms with Gasteiger partial charge in [0.2, 0.25) is 0 Å². The van der Waals surface area contributed by atoms with Gasteiger partial charge in [-0.3, -0.25) is 4.79 Å². The van der Waals surface area contributed by atoms with Crippen LogP contribution in [0.2, 0.25) is 15.1 Å². The molecule has 1 aliphatic rings. The molecular formula is C17H11Cl3N2O. The molecule has 116 valence electrons. The van der Waals surface area contributed by atoms with Gasteiger partial charge in [-0.05, 0) is 48.9 Å². The van der Waals surface area contributed by atoms with E-state index in [0.29, 0.717) is 32.0 Å². The summed E-state index contributed by atoms with van der Waals surface area (Å²) in [5.41, 5.74) is 2.51. The Kier molecular flexibility index (Phi) is 4.44. The van der Waals surface area contributed by atoms with Crippen LogP contribution in [-0.4, -0.2) is 11.6 Å². The van der Waals surface area contributed by atoms with Crippen LogP contribution in [0.1, 0.15) is 12.5 Å². The summed E-state index contributed by atoms with van der Waals surface area (Å²) < 4.78 is 0. The normalized spacial score (nSPS) is 16.2. The molecule has 0 saturated heterocycles. The van der Waals surface area contributed by atoms with Crippen LogP contribution in [0.15, 0.2) is 53.1 Å². The maximum atomic E-state index is 12.7. The average Bonchev–Trinajstić information content (AvgIpc) is 2.77. The molecule has 0 bridgehead atoms. The lowest BCUT2D eigenvalue weighted by Gasteiger charge is -2.13. The first-order valence-electron chi connectivity index (χ1n) is 6.78. The highest BCUT2D eigenvalue weighted by Gasteiger charge is 2.29. The number of benzene rings is 2. The first-order valence-corrected chi connectivity index (χ1v) is 7.91. The smallest absolute Gasteiger partial charge is 0.267 e. The number of halogens is 3. The monoisotopic (exact) mass is 364 g/mol. The number of hydrogen-bond donors (Lipinski definition) is 0. The Balaban J connectivity index is 1.96. The van der Waals surface area contributed by atoms with Crippen LogP contribution in [-0.2, 0) is 4.79 Å². The minimum Gasteiger partial charge on any atom is -0.267 e. The van der Waals surface area contributed by atoms with Gasteiger partial charge in [-0.15, -0.1) is 0 Å². The zero-order chi connectivity index (χ0) is 16.6. The van der Waals surface area contributed by atoms with E-state index in [2.05, 4.69) is 5.10 Å². The summed E-state index contributed by atoms with van der Waals surface area (Å²) in [5, 5.41) is 7.11. The number of nitrogens with zero attached hydrogens (tertiary/aromatic N) is 2. The van der Waals surface area contributed by atoms with Gasteiger partial charge in [0.1, 0.15) is 0 Å². The molecule has 0 spiro atoms. The standard InChI is InChI=1S/C17H11Cl3N2O/c1-10-14(8-11-2-4-12(18)5-3-11)17(23)22(21-10)16-7-6-13(19)9-15(16)20/h2-9H,1H3/b14-8+. The lowest BCUT2D eigenvalue weighted by molar-refractivity contribution is -0.114. The number of anilines is 1. The average molecular weight is 366 g/mol. The Bertz CT molecular complexity index is 841. The van der Waals surface area contributed by atoms with Gasteiger partial charge in [-0.2, -0.15) is 10.1 Å². The van der Waals surface area contributed by atoms with Crippen LogP contribution in [0.3, 0.4) is 0 Å². The molecule has 1 amide bonds. The fourth-order valence-corrected chi connectivity index (χ4v) is 2.84. The van der Waals surface area contributed by atoms with Crippen LogP contribution < -0.4 is 5.01 Å². The van der Waals surface area contributed by atoms with Crippen molar-refractivity contribution in [1.82, 2.24) is 0 Å². The summed E-state index contributed by atoms with van der Waals surface area (Å²) in [6, 6.07) is 12.1. The molecule has 0 N–H and O–H groups in total. The van der Waals surface area contributed by atoms with E-state index in [-0.39, 0.29) is 5.91 Å². The minimum absolute atomic E-state index is 0.235. The van der Waals surface area contributed by atoms with Gasteiger partial charge in [-0.1, -0.05) is 46.9 Å². The molecule has 0 unspecified atom stereocenters. The SMILES string of the molecule is CC1=NN(c2ccc(Cl)cc2Cl)C(=O)/C1=C/c1ccc(Cl)cc1. The van der Waals surface area contributed by atoms with Gasteiger partial charge >= 0.3 is 0 Å². The zero-order valence-electron chi connectivity index (χ0n) is 12.1. The Morgan fingerprint density at radius 1 is 1.00 bits per heavy atom. The molecule has 2 aromatic carbocycles. The van der Waals surface area contributed by atoms with E-state index in [9.17, 15) is 4.79 Å². The van der Waals surface area contributed by atoms with Gasteiger partial charge < -0.3 is 0 Å². The molecule has 0 saturated carbocycles. The highest BCUT2D eigenvalue weighted by molar-refractivity contribution is 6.38. The summed E-state index contributed by atoms with van der Waals surface area (Å²) in [4.78, 5) is 12.7. The largest absolute Gasteiger partial charge is 0.280 e. The molecule has 23 heavy (non-hydrogen) atoms. The molecule has 3 nitrogen and oxygen atoms in total. The summed E-state index contributed by atoms with van der Waals surface area (Å²) >= 11 is 17.9. The number of carbonyl (C=O) groups is 1. The molecule has 0 fully saturated rings. The maximum Gasteiger partial charge on any atom is 0.280 e. The van der Waals surface area contributed by atoms with Crippen LogP contribution in [0.25, 0.3) is 6.08 Å². The number of amides is 1. The minimum atomic E-state index is -0.235. The van der Waals surface area contributed by atoms with Crippen molar-refractivity contribution in [2.45, 2.75) is 6.92 Å². The Hall–Kier alpha value is -1.81. The third-order valence-electron chi connectivity index (χ3n) is 3.38. The van der Waals surface area contributed by atoms with Gasteiger partial charge in [-0.25, -0.2) is 0 Å². The van der Waals surface area contributed by atoms with Crippen molar-refractivity contribution in [3.05, 3.63) is 68.7 Å². The first kappa shape index (κ1) is 16.1. The molecule has 1 heterocycles. The topological polar surface area (TPSA) is 32.7 Å². The number of rotatable bonds is 2. The van der Waals surface area contributed by atoms with Gasteiger partial charge in [0.05, 0.1) is 22.0 Å². The quantitative estimate of drug-likeness (QED) is 0.651. The van der Waals surface area contributed by atoms with Crippen molar-refractivity contribution in [2.75, 3.05) is 5.01 Å². The van der Waals surface area contributed by atoms with E-state index < -0.39 is 0 Å². The van der Waals surface area contributed by atoms with Gasteiger partial charge in [0.15, 0.2) is 0 Å². The van der Waals surface area contributed by atoms with E-state index in [4.69, 9.17) is 34.8 Å². The molecule has 0 radical (unpaired) electrons. The fourth-order valence-electron chi connectivity index (χ4n) is 2.23. The summed E-state index contributed by atoms with van der Waals surface area (Å²) in [5.74, 6) is -0.235. The number of carbonyl (C=O) groups excluding carboxylic acids is 1. The second-order valence-electron chi connectivity index (χ2n) is 5.01. The second kappa shape index (κ2) is 6.36. The van der Waals surface area contributed by atoms with Crippen LogP contribution in [0.5, 0.6) is 0 Å². The molecule has 2 aromatic rings. The van der Waals surface area contributed by atoms with Crippen molar-refractivity contribution >= 4 is 58.2 Å². The van der Waals surface area contributed by atoms with E-state index in [0.717, 1.165) is 5.56 Å². The first-order chi connectivity index (χ1) is 11.0. The highest BCUT2D eigenvalue weighted by atomic mass is 35.5. The van der Waals surface area contributed by atoms with Crippen molar-refractivity contribution in [3.63, 3.8) is 0 Å². The predicted molar refractivity (Wildman–Crippen MR) is 96.5 cm³/mol. The molecule has 6 heteroatoms. The summed E-state index contributed by atoms with van der Waals surface area (Å²) in [7, 11) is 0. The summed E-state index contributed by atoms with van der Waals surface area (Å²) in [6.07, 6.45) is 1.78. The molecule has 3 rings (SSSR count). The van der Waals surface area contributed by atoms with Crippen molar-refractivity contribution in [1.29, 1.82) is 0 Å². The van der Waals surface area contributed by atoms with Crippen LogP contribution >= 0.6 is 34.8 Å². The van der Waals surface area contributed by atoms with Crippen molar-refractivity contribution < 1.29 is 4.79 Å². The highest BCUT2D eigenvalue weighted by Crippen LogP contribution is 2.33. The number of hydrogen-bond acceptors (Lipinski definition) is 2. The molecule has 1 aliphatic heterocycles. The maximum absolute atomic E-state index is 12.7. The lowest BCUT2D eigenvalue weighted by Crippen LogP contribution is -2.21. The third-order valence-corrected chi connectivity index (χ3v) is 4.17. The van der Waals surface area contributed by atoms with Crippen molar-refractivity contribution in [3.8, 4) is 0 Å². The Morgan fingerprint density at radius 3 is 2.30 bits per heavy atom. The van der Waals surface area contributed by atoms with Gasteiger partial charge in [0, 0.05) is 10.0 Å². The molecule has 0 aliphatic carbocycles. The van der Waals surface area contributed by atoms with Crippen LogP contribution in [0.4, 0.5) is 5.69 Å². The summed E-state index contributed by atoms with van der Waals surface area (Å²) in [6.45, 7) is 1.78. The predicted octanol–water partition coefficient (Wildman–Crippen LogP) is 5.45. The van der Waals surface area contributed by atoms with E-state index in [1.807, 2.05) is 12.1 Å². The molecule has 0 aromatic heterocycles. The van der Waals surface area contributed by atoms with Crippen LogP contribution in [0, 0.1) is 0 Å². The Labute approximate surface area is 148 Å². The van der Waals surface area contributed by atoms with Gasteiger partial charge in [0.25, 0.3) is 5.91 Å². The van der Waals surface area contributed by atoms with E-state index in [1.165, 1.54) is 5.01 Å². The zero-order valence-corrected chi connectivity index (χ0v) is 14.3.